The number of halogens is 2. The van der Waals surface area contributed by atoms with Crippen LogP contribution in [0, 0.1) is 0 Å². The Labute approximate surface area is 86.0 Å². The molecule has 3 nitrogen and oxygen atoms in total. The summed E-state index contributed by atoms with van der Waals surface area (Å²) in [6.45, 7) is 0. The van der Waals surface area contributed by atoms with Crippen LogP contribution in [0.5, 0.6) is 5.75 Å². The van der Waals surface area contributed by atoms with E-state index in [9.17, 15) is 4.57 Å². The van der Waals surface area contributed by atoms with E-state index in [1.54, 1.807) is 31.4 Å². The van der Waals surface area contributed by atoms with Crippen molar-refractivity contribution in [2.75, 3.05) is 12.2 Å². The van der Waals surface area contributed by atoms with Crippen molar-refractivity contribution in [1.82, 2.24) is 0 Å². The molecule has 0 aromatic heterocycles. The molecule has 6 heteroatoms. The number of methoxy groups -OCH3 is 1. The van der Waals surface area contributed by atoms with Gasteiger partial charge in [0.15, 0.2) is 0 Å². The van der Waals surface area contributed by atoms with Crippen LogP contribution < -0.4 is 9.82 Å². The predicted molar refractivity (Wildman–Crippen MR) is 55.9 cm³/mol. The Kier molecular flexibility index (Phi) is 3.48. The highest BCUT2D eigenvalue weighted by molar-refractivity contribution is 8.09. The van der Waals surface area contributed by atoms with Gasteiger partial charge in [-0.15, -0.1) is 0 Å². The lowest BCUT2D eigenvalue weighted by Crippen LogP contribution is -1.87. The maximum atomic E-state index is 10.9. The Hall–Kier alpha value is -0.370. The molecule has 0 aliphatic rings. The third-order valence-electron chi connectivity index (χ3n) is 1.35. The van der Waals surface area contributed by atoms with E-state index in [2.05, 4.69) is 5.09 Å². The van der Waals surface area contributed by atoms with Gasteiger partial charge in [0.2, 0.25) is 0 Å². The van der Waals surface area contributed by atoms with Gasteiger partial charge < -0.3 is 9.82 Å². The third-order valence-corrected chi connectivity index (χ3v) is 2.37. The van der Waals surface area contributed by atoms with Gasteiger partial charge >= 0.3 is 6.00 Å². The van der Waals surface area contributed by atoms with Gasteiger partial charge in [0, 0.05) is 5.69 Å². The van der Waals surface area contributed by atoms with Crippen LogP contribution in [0.1, 0.15) is 0 Å². The molecule has 0 aliphatic carbocycles. The van der Waals surface area contributed by atoms with Gasteiger partial charge in [-0.05, 0) is 46.7 Å². The highest BCUT2D eigenvalue weighted by atomic mass is 35.9. The molecule has 0 spiro atoms. The Balaban J connectivity index is 2.76. The average molecular weight is 240 g/mol. The molecule has 1 N–H and O–H groups in total. The second kappa shape index (κ2) is 4.23. The molecule has 0 bridgehead atoms. The zero-order valence-corrected chi connectivity index (χ0v) is 9.24. The first-order valence-electron chi connectivity index (χ1n) is 3.43. The molecule has 0 aliphatic heterocycles. The summed E-state index contributed by atoms with van der Waals surface area (Å²) in [7, 11) is 1.57. The van der Waals surface area contributed by atoms with Crippen LogP contribution in [0.25, 0.3) is 0 Å². The third kappa shape index (κ3) is 3.90. The molecule has 0 atom stereocenters. The highest BCUT2D eigenvalue weighted by Crippen LogP contribution is 2.55. The van der Waals surface area contributed by atoms with Crippen molar-refractivity contribution < 1.29 is 9.30 Å². The molecular weight excluding hydrogens is 232 g/mol. The smallest absolute Gasteiger partial charge is 0.343 e. The Morgan fingerprint density at radius 1 is 1.31 bits per heavy atom. The summed E-state index contributed by atoms with van der Waals surface area (Å²) in [4.78, 5) is 0. The Bertz CT molecular complexity index is 322. The van der Waals surface area contributed by atoms with Crippen molar-refractivity contribution in [3.63, 3.8) is 0 Å². The molecule has 0 saturated heterocycles. The fraction of sp³-hybridized carbons (Fsp3) is 0.143. The van der Waals surface area contributed by atoms with Crippen LogP contribution >= 0.6 is 28.5 Å². The molecule has 1 rings (SSSR count). The van der Waals surface area contributed by atoms with E-state index >= 15 is 0 Å². The molecule has 0 fully saturated rings. The zero-order valence-electron chi connectivity index (χ0n) is 6.83. The fourth-order valence-electron chi connectivity index (χ4n) is 0.816. The zero-order chi connectivity index (χ0) is 9.90. The van der Waals surface area contributed by atoms with Crippen molar-refractivity contribution >= 4 is 34.2 Å². The molecule has 0 heterocycles. The Morgan fingerprint density at radius 2 is 1.85 bits per heavy atom. The first-order chi connectivity index (χ1) is 6.01. The largest absolute Gasteiger partial charge is 0.497 e. The number of anilines is 1. The predicted octanol–water partition coefficient (Wildman–Crippen LogP) is 3.69. The summed E-state index contributed by atoms with van der Waals surface area (Å²) in [6, 6.07) is 6.78. The van der Waals surface area contributed by atoms with Crippen LogP contribution in [-0.4, -0.2) is 7.11 Å². The molecule has 0 unspecified atom stereocenters. The number of hydrogen-bond donors (Lipinski definition) is 1. The van der Waals surface area contributed by atoms with E-state index in [1.165, 1.54) is 0 Å². The average Bonchev–Trinajstić information content (AvgIpc) is 2.03. The van der Waals surface area contributed by atoms with E-state index in [-0.39, 0.29) is 0 Å². The van der Waals surface area contributed by atoms with Crippen LogP contribution in [0.15, 0.2) is 24.3 Å². The van der Waals surface area contributed by atoms with Crippen molar-refractivity contribution in [1.29, 1.82) is 0 Å². The SMILES string of the molecule is COc1ccc(NP(=O)(Cl)Cl)cc1. The van der Waals surface area contributed by atoms with Gasteiger partial charge in [-0.25, -0.2) is 0 Å². The standard InChI is InChI=1S/C7H8Cl2NO2P/c1-12-7-4-2-6(3-5-7)10-13(8,9)11/h2-5H,1H3,(H,10,11). The molecule has 72 valence electrons. The molecular formula is C7H8Cl2NO2P. The number of ether oxygens (including phenoxy) is 1. The van der Waals surface area contributed by atoms with Crippen molar-refractivity contribution in [3.8, 4) is 5.75 Å². The van der Waals surface area contributed by atoms with Gasteiger partial charge in [0.05, 0.1) is 7.11 Å². The van der Waals surface area contributed by atoms with Crippen LogP contribution in [-0.2, 0) is 4.57 Å². The van der Waals surface area contributed by atoms with E-state index in [0.717, 1.165) is 0 Å². The summed E-state index contributed by atoms with van der Waals surface area (Å²) < 4.78 is 15.9. The summed E-state index contributed by atoms with van der Waals surface area (Å²) in [6.07, 6.45) is 0. The molecule has 0 saturated carbocycles. The van der Waals surface area contributed by atoms with Gasteiger partial charge in [0.25, 0.3) is 0 Å². The molecule has 1 aromatic rings. The maximum Gasteiger partial charge on any atom is 0.343 e. The molecule has 13 heavy (non-hydrogen) atoms. The lowest BCUT2D eigenvalue weighted by molar-refractivity contribution is 0.415. The summed E-state index contributed by atoms with van der Waals surface area (Å²) in [5.74, 6) is -2.55. The lowest BCUT2D eigenvalue weighted by Gasteiger charge is -2.06. The van der Waals surface area contributed by atoms with E-state index in [4.69, 9.17) is 27.2 Å². The van der Waals surface area contributed by atoms with Crippen LogP contribution in [0.3, 0.4) is 0 Å². The lowest BCUT2D eigenvalue weighted by atomic mass is 10.3. The number of nitrogens with one attached hydrogen (secondary N) is 1. The minimum atomic E-state index is -3.26. The quantitative estimate of drug-likeness (QED) is 0.818. The van der Waals surface area contributed by atoms with Gasteiger partial charge in [0.1, 0.15) is 5.75 Å². The second-order valence-electron chi connectivity index (χ2n) is 2.30. The minimum absolute atomic E-state index is 0.592. The monoisotopic (exact) mass is 239 g/mol. The van der Waals surface area contributed by atoms with Gasteiger partial charge in [-0.2, -0.15) is 0 Å². The van der Waals surface area contributed by atoms with E-state index in [1.807, 2.05) is 0 Å². The summed E-state index contributed by atoms with van der Waals surface area (Å²) in [5.41, 5.74) is 0.592. The van der Waals surface area contributed by atoms with Crippen LogP contribution in [0.4, 0.5) is 5.69 Å². The number of benzene rings is 1. The van der Waals surface area contributed by atoms with Gasteiger partial charge in [-0.3, -0.25) is 4.57 Å². The first kappa shape index (κ1) is 10.7. The number of hydrogen-bond acceptors (Lipinski definition) is 2. The summed E-state index contributed by atoms with van der Waals surface area (Å²) in [5, 5.41) is 2.46. The topological polar surface area (TPSA) is 38.3 Å². The molecule has 1 aromatic carbocycles. The second-order valence-corrected chi connectivity index (χ2v) is 6.83. The van der Waals surface area contributed by atoms with Crippen molar-refractivity contribution in [2.24, 2.45) is 0 Å². The Morgan fingerprint density at radius 3 is 2.23 bits per heavy atom. The van der Waals surface area contributed by atoms with Gasteiger partial charge in [-0.1, -0.05) is 0 Å². The fourth-order valence-corrected chi connectivity index (χ4v) is 1.85. The summed E-state index contributed by atoms with van der Waals surface area (Å²) >= 11 is 10.6. The maximum absolute atomic E-state index is 10.9. The molecule has 0 amide bonds. The molecule has 0 radical (unpaired) electrons. The van der Waals surface area contributed by atoms with Crippen LogP contribution in [0.2, 0.25) is 0 Å². The normalized spacial score (nSPS) is 11.0. The minimum Gasteiger partial charge on any atom is -0.497 e. The van der Waals surface area contributed by atoms with Crippen molar-refractivity contribution in [3.05, 3.63) is 24.3 Å². The van der Waals surface area contributed by atoms with E-state index in [0.29, 0.717) is 11.4 Å². The first-order valence-corrected chi connectivity index (χ1v) is 6.94. The highest BCUT2D eigenvalue weighted by Gasteiger charge is 2.12. The number of rotatable bonds is 3. The van der Waals surface area contributed by atoms with Crippen molar-refractivity contribution in [2.45, 2.75) is 0 Å². The van der Waals surface area contributed by atoms with E-state index < -0.39 is 6.00 Å².